The van der Waals surface area contributed by atoms with Crippen molar-refractivity contribution in [1.82, 2.24) is 19.1 Å². The Morgan fingerprint density at radius 1 is 1.21 bits per heavy atom. The number of esters is 1. The first-order chi connectivity index (χ1) is 16.0. The smallest absolute Gasteiger partial charge is 0.338 e. The highest BCUT2D eigenvalue weighted by Crippen LogP contribution is 2.42. The first-order valence-corrected chi connectivity index (χ1v) is 11.8. The van der Waals surface area contributed by atoms with Crippen LogP contribution in [0.4, 0.5) is 0 Å². The van der Waals surface area contributed by atoms with E-state index in [-0.39, 0.29) is 12.1 Å². The van der Waals surface area contributed by atoms with E-state index >= 15 is 0 Å². The number of nitrogens with zero attached hydrogens (tertiary/aromatic N) is 4. The van der Waals surface area contributed by atoms with Crippen molar-refractivity contribution in [3.05, 3.63) is 60.3 Å². The molecule has 0 spiro atoms. The Hall–Kier alpha value is -3.41. The fourth-order valence-corrected chi connectivity index (χ4v) is 4.39. The highest BCUT2D eigenvalue weighted by molar-refractivity contribution is 5.95. The summed E-state index contributed by atoms with van der Waals surface area (Å²) in [5.41, 5.74) is 5.53. The summed E-state index contributed by atoms with van der Waals surface area (Å²) in [5.74, 6) is 0.618. The molecule has 3 aromatic heterocycles. The second kappa shape index (κ2) is 8.50. The van der Waals surface area contributed by atoms with Crippen LogP contribution < -0.4 is 0 Å². The van der Waals surface area contributed by atoms with Crippen LogP contribution in [0.3, 0.4) is 0 Å². The van der Waals surface area contributed by atoms with Gasteiger partial charge in [-0.05, 0) is 75.9 Å². The van der Waals surface area contributed by atoms with Crippen LogP contribution in [-0.4, -0.2) is 31.2 Å². The van der Waals surface area contributed by atoms with Gasteiger partial charge in [0, 0.05) is 23.7 Å². The molecule has 170 valence electrons. The van der Waals surface area contributed by atoms with E-state index in [0.717, 1.165) is 71.5 Å². The molecule has 1 aliphatic carbocycles. The predicted octanol–water partition coefficient (Wildman–Crippen LogP) is 6.09. The quantitative estimate of drug-likeness (QED) is 0.245. The number of imidazole rings is 1. The SMILES string of the molecule is C=CCCn1c(-c2nc3cc(C(=O)OC(C)C)ccc3n2C2CC2)cc2ccc(CC)nc21. The molecule has 0 atom stereocenters. The van der Waals surface area contributed by atoms with E-state index in [1.807, 2.05) is 38.1 Å². The van der Waals surface area contributed by atoms with Crippen molar-refractivity contribution in [3.63, 3.8) is 0 Å². The Kier molecular flexibility index (Phi) is 5.52. The van der Waals surface area contributed by atoms with Crippen LogP contribution in [0, 0.1) is 0 Å². The van der Waals surface area contributed by atoms with Gasteiger partial charge in [-0.2, -0.15) is 0 Å². The molecule has 0 N–H and O–H groups in total. The second-order valence-electron chi connectivity index (χ2n) is 9.02. The summed E-state index contributed by atoms with van der Waals surface area (Å²) in [6.45, 7) is 10.5. The molecule has 0 radical (unpaired) electrons. The van der Waals surface area contributed by atoms with Gasteiger partial charge in [0.1, 0.15) is 5.65 Å². The van der Waals surface area contributed by atoms with Crippen molar-refractivity contribution < 1.29 is 9.53 Å². The summed E-state index contributed by atoms with van der Waals surface area (Å²) in [4.78, 5) is 22.5. The third-order valence-corrected chi connectivity index (χ3v) is 6.13. The number of pyridine rings is 1. The van der Waals surface area contributed by atoms with Crippen molar-refractivity contribution in [2.45, 2.75) is 65.1 Å². The summed E-state index contributed by atoms with van der Waals surface area (Å²) < 4.78 is 10.0. The van der Waals surface area contributed by atoms with Crippen molar-refractivity contribution in [1.29, 1.82) is 0 Å². The minimum Gasteiger partial charge on any atom is -0.459 e. The molecule has 1 aliphatic rings. The third-order valence-electron chi connectivity index (χ3n) is 6.13. The summed E-state index contributed by atoms with van der Waals surface area (Å²) >= 11 is 0. The molecule has 4 aromatic rings. The monoisotopic (exact) mass is 442 g/mol. The molecule has 3 heterocycles. The Bertz CT molecular complexity index is 1360. The van der Waals surface area contributed by atoms with E-state index < -0.39 is 0 Å². The summed E-state index contributed by atoms with van der Waals surface area (Å²) in [7, 11) is 0. The molecule has 0 aliphatic heterocycles. The highest BCUT2D eigenvalue weighted by atomic mass is 16.5. The van der Waals surface area contributed by atoms with Crippen LogP contribution >= 0.6 is 0 Å². The van der Waals surface area contributed by atoms with Gasteiger partial charge in [-0.25, -0.2) is 14.8 Å². The predicted molar refractivity (Wildman–Crippen MR) is 131 cm³/mol. The highest BCUT2D eigenvalue weighted by Gasteiger charge is 2.30. The number of aromatic nitrogens is 4. The maximum Gasteiger partial charge on any atom is 0.338 e. The molecule has 6 heteroatoms. The molecule has 1 aromatic carbocycles. The Morgan fingerprint density at radius 2 is 2.03 bits per heavy atom. The first kappa shape index (κ1) is 21.4. The normalized spacial score (nSPS) is 13.8. The number of benzene rings is 1. The molecular formula is C27H30N4O2. The number of rotatable bonds is 8. The molecule has 33 heavy (non-hydrogen) atoms. The number of fused-ring (bicyclic) bond motifs is 2. The van der Waals surface area contributed by atoms with Gasteiger partial charge in [-0.15, -0.1) is 6.58 Å². The molecule has 1 saturated carbocycles. The van der Waals surface area contributed by atoms with Gasteiger partial charge in [-0.3, -0.25) is 0 Å². The van der Waals surface area contributed by atoms with Gasteiger partial charge in [-0.1, -0.05) is 13.0 Å². The summed E-state index contributed by atoms with van der Waals surface area (Å²) in [5, 5.41) is 1.11. The van der Waals surface area contributed by atoms with Crippen LogP contribution in [-0.2, 0) is 17.7 Å². The van der Waals surface area contributed by atoms with E-state index in [1.54, 1.807) is 0 Å². The van der Waals surface area contributed by atoms with E-state index in [2.05, 4.69) is 40.8 Å². The lowest BCUT2D eigenvalue weighted by Gasteiger charge is -2.12. The van der Waals surface area contributed by atoms with Crippen LogP contribution in [0.2, 0.25) is 0 Å². The van der Waals surface area contributed by atoms with Gasteiger partial charge in [0.15, 0.2) is 5.82 Å². The molecule has 6 nitrogen and oxygen atoms in total. The zero-order valence-corrected chi connectivity index (χ0v) is 19.5. The fourth-order valence-electron chi connectivity index (χ4n) is 4.39. The van der Waals surface area contributed by atoms with Crippen LogP contribution in [0.15, 0.2) is 49.1 Å². The first-order valence-electron chi connectivity index (χ1n) is 11.8. The van der Waals surface area contributed by atoms with E-state index in [0.29, 0.717) is 11.6 Å². The number of hydrogen-bond donors (Lipinski definition) is 0. The maximum absolute atomic E-state index is 12.5. The summed E-state index contributed by atoms with van der Waals surface area (Å²) in [6.07, 6.45) is 5.81. The van der Waals surface area contributed by atoms with Crippen molar-refractivity contribution in [2.24, 2.45) is 0 Å². The largest absolute Gasteiger partial charge is 0.459 e. The third kappa shape index (κ3) is 3.94. The van der Waals surface area contributed by atoms with Gasteiger partial charge in [0.2, 0.25) is 0 Å². The van der Waals surface area contributed by atoms with Crippen LogP contribution in [0.1, 0.15) is 62.1 Å². The van der Waals surface area contributed by atoms with Gasteiger partial charge in [0.05, 0.1) is 28.4 Å². The van der Waals surface area contributed by atoms with Gasteiger partial charge in [0.25, 0.3) is 0 Å². The molecule has 0 bridgehead atoms. The van der Waals surface area contributed by atoms with Crippen LogP contribution in [0.5, 0.6) is 0 Å². The number of hydrogen-bond acceptors (Lipinski definition) is 4. The molecule has 0 amide bonds. The molecule has 1 fully saturated rings. The minimum atomic E-state index is -0.314. The van der Waals surface area contributed by atoms with Gasteiger partial charge >= 0.3 is 5.97 Å². The van der Waals surface area contributed by atoms with Crippen molar-refractivity contribution >= 4 is 28.0 Å². The second-order valence-corrected chi connectivity index (χ2v) is 9.02. The Balaban J connectivity index is 1.69. The number of aryl methyl sites for hydroxylation is 2. The standard InChI is InChI=1S/C27H30N4O2/c1-5-7-14-30-24(16-18-8-10-20(6-2)28-25(18)30)26-29-22-15-19(27(32)33-17(3)4)9-13-23(22)31(26)21-11-12-21/h5,8-10,13,15-17,21H,1,6-7,11-12,14H2,2-4H3. The fraction of sp³-hybridized carbons (Fsp3) is 0.370. The zero-order valence-electron chi connectivity index (χ0n) is 19.5. The van der Waals surface area contributed by atoms with E-state index in [9.17, 15) is 4.79 Å². The number of ether oxygens (including phenoxy) is 1. The van der Waals surface area contributed by atoms with Crippen LogP contribution in [0.25, 0.3) is 33.6 Å². The summed E-state index contributed by atoms with van der Waals surface area (Å²) in [6, 6.07) is 12.6. The maximum atomic E-state index is 12.5. The molecule has 0 unspecified atom stereocenters. The van der Waals surface area contributed by atoms with Crippen molar-refractivity contribution in [2.75, 3.05) is 0 Å². The average Bonchev–Trinajstić information content (AvgIpc) is 3.47. The number of carbonyl (C=O) groups excluding carboxylic acids is 1. The zero-order chi connectivity index (χ0) is 23.1. The topological polar surface area (TPSA) is 61.9 Å². The lowest BCUT2D eigenvalue weighted by molar-refractivity contribution is 0.0378. The van der Waals surface area contributed by atoms with Crippen molar-refractivity contribution in [3.8, 4) is 11.5 Å². The lowest BCUT2D eigenvalue weighted by atomic mass is 10.2. The molecule has 0 saturated heterocycles. The Labute approximate surface area is 193 Å². The minimum absolute atomic E-state index is 0.158. The van der Waals surface area contributed by atoms with E-state index in [4.69, 9.17) is 14.7 Å². The average molecular weight is 443 g/mol. The van der Waals surface area contributed by atoms with Gasteiger partial charge < -0.3 is 13.9 Å². The Morgan fingerprint density at radius 3 is 2.73 bits per heavy atom. The van der Waals surface area contributed by atoms with E-state index in [1.165, 1.54) is 0 Å². The molecule has 5 rings (SSSR count). The molecular weight excluding hydrogens is 412 g/mol. The lowest BCUT2D eigenvalue weighted by Crippen LogP contribution is -2.11. The number of allylic oxidation sites excluding steroid dienone is 1. The number of carbonyl (C=O) groups is 1.